The number of rotatable bonds is 3. The Labute approximate surface area is 114 Å². The van der Waals surface area contributed by atoms with Crippen LogP contribution in [-0.2, 0) is 14.8 Å². The summed E-state index contributed by atoms with van der Waals surface area (Å²) in [5, 5.41) is 4.75. The fraction of sp³-hybridized carbons (Fsp3) is 0.364. The van der Waals surface area contributed by atoms with E-state index in [4.69, 9.17) is 21.5 Å². The highest BCUT2D eigenvalue weighted by Crippen LogP contribution is 2.27. The predicted molar refractivity (Wildman–Crippen MR) is 65.8 cm³/mol. The Morgan fingerprint density at radius 2 is 2.05 bits per heavy atom. The van der Waals surface area contributed by atoms with Crippen molar-refractivity contribution < 1.29 is 22.3 Å². The monoisotopic (exact) mass is 307 g/mol. The first-order valence-electron chi connectivity index (χ1n) is 5.52. The molecule has 1 fully saturated rings. The van der Waals surface area contributed by atoms with Crippen LogP contribution in [0, 0.1) is 5.82 Å². The number of primary sulfonamides is 1. The van der Waals surface area contributed by atoms with Crippen LogP contribution < -0.4 is 5.14 Å². The second-order valence-corrected chi connectivity index (χ2v) is 6.23. The average molecular weight is 308 g/mol. The Hall–Kier alpha value is -1.18. The number of carbonyl (C=O) groups excluding carboxylic acids is 1. The third-order valence-electron chi connectivity index (χ3n) is 2.86. The molecule has 1 aliphatic carbocycles. The van der Waals surface area contributed by atoms with Gasteiger partial charge < -0.3 is 4.74 Å². The van der Waals surface area contributed by atoms with Crippen LogP contribution in [0.25, 0.3) is 0 Å². The van der Waals surface area contributed by atoms with E-state index in [1.54, 1.807) is 0 Å². The summed E-state index contributed by atoms with van der Waals surface area (Å²) in [7, 11) is -4.30. The highest BCUT2D eigenvalue weighted by molar-refractivity contribution is 7.89. The molecule has 104 valence electrons. The molecule has 5 nitrogen and oxygen atoms in total. The molecule has 2 N–H and O–H groups in total. The van der Waals surface area contributed by atoms with E-state index in [0.29, 0.717) is 0 Å². The van der Waals surface area contributed by atoms with Gasteiger partial charge in [-0.25, -0.2) is 22.7 Å². The minimum absolute atomic E-state index is 0.106. The topological polar surface area (TPSA) is 86.5 Å². The molecule has 1 aromatic rings. The number of hydrogen-bond acceptors (Lipinski definition) is 4. The van der Waals surface area contributed by atoms with E-state index in [0.717, 1.165) is 31.4 Å². The summed E-state index contributed by atoms with van der Waals surface area (Å²) in [6, 6.07) is 1.87. The van der Waals surface area contributed by atoms with Crippen molar-refractivity contribution in [2.45, 2.75) is 30.3 Å². The number of hydrogen-bond donors (Lipinski definition) is 1. The molecule has 0 spiro atoms. The zero-order valence-electron chi connectivity index (χ0n) is 9.73. The molecule has 8 heteroatoms. The van der Waals surface area contributed by atoms with Crippen molar-refractivity contribution >= 4 is 27.6 Å². The summed E-state index contributed by atoms with van der Waals surface area (Å²) in [6.07, 6.45) is 2.13. The Kier molecular flexibility index (Phi) is 3.80. The smallest absolute Gasteiger partial charge is 0.341 e. The molecular weight excluding hydrogens is 297 g/mol. The van der Waals surface area contributed by atoms with Crippen LogP contribution in [0.1, 0.15) is 29.6 Å². The number of halogens is 2. The Balaban J connectivity index is 2.39. The number of benzene rings is 1. The quantitative estimate of drug-likeness (QED) is 0.863. The Morgan fingerprint density at radius 1 is 1.42 bits per heavy atom. The molecule has 2 rings (SSSR count). The lowest BCUT2D eigenvalue weighted by molar-refractivity contribution is 0.00848. The second-order valence-electron chi connectivity index (χ2n) is 4.27. The molecule has 19 heavy (non-hydrogen) atoms. The highest BCUT2D eigenvalue weighted by atomic mass is 35.5. The van der Waals surface area contributed by atoms with Gasteiger partial charge in [-0.05, 0) is 31.4 Å². The van der Waals surface area contributed by atoms with Gasteiger partial charge >= 0.3 is 5.97 Å². The van der Waals surface area contributed by atoms with Crippen molar-refractivity contribution in [1.82, 2.24) is 0 Å². The summed E-state index contributed by atoms with van der Waals surface area (Å²) in [5.74, 6) is -2.18. The molecule has 0 saturated heterocycles. The van der Waals surface area contributed by atoms with Crippen LogP contribution in [0.3, 0.4) is 0 Å². The van der Waals surface area contributed by atoms with E-state index in [1.165, 1.54) is 0 Å². The summed E-state index contributed by atoms with van der Waals surface area (Å²) < 4.78 is 41.3. The van der Waals surface area contributed by atoms with Gasteiger partial charge in [0.25, 0.3) is 0 Å². The number of nitrogens with two attached hydrogens (primary N) is 1. The van der Waals surface area contributed by atoms with Crippen LogP contribution in [0.2, 0.25) is 5.02 Å². The standard InChI is InChI=1S/C11H11ClFNO4S/c12-6-4-8(11(15)18-7-2-1-3-7)10(13)9(5-6)19(14,16)17/h4-5,7H,1-3H2,(H2,14,16,17). The zero-order chi connectivity index (χ0) is 14.2. The van der Waals surface area contributed by atoms with Gasteiger partial charge in [0, 0.05) is 5.02 Å². The Morgan fingerprint density at radius 3 is 2.53 bits per heavy atom. The van der Waals surface area contributed by atoms with Crippen molar-refractivity contribution in [3.63, 3.8) is 0 Å². The van der Waals surface area contributed by atoms with E-state index in [9.17, 15) is 17.6 Å². The van der Waals surface area contributed by atoms with E-state index in [-0.39, 0.29) is 11.1 Å². The van der Waals surface area contributed by atoms with Crippen LogP contribution in [0.15, 0.2) is 17.0 Å². The van der Waals surface area contributed by atoms with Gasteiger partial charge in [0.2, 0.25) is 10.0 Å². The van der Waals surface area contributed by atoms with E-state index < -0.39 is 32.3 Å². The largest absolute Gasteiger partial charge is 0.459 e. The SMILES string of the molecule is NS(=O)(=O)c1cc(Cl)cc(C(=O)OC2CCC2)c1F. The first-order chi connectivity index (χ1) is 8.79. The van der Waals surface area contributed by atoms with Crippen LogP contribution in [0.5, 0.6) is 0 Å². The van der Waals surface area contributed by atoms with Crippen molar-refractivity contribution in [3.8, 4) is 0 Å². The molecule has 1 saturated carbocycles. The maximum atomic E-state index is 14.0. The molecule has 0 aliphatic heterocycles. The van der Waals surface area contributed by atoms with Crippen molar-refractivity contribution in [1.29, 1.82) is 0 Å². The molecular formula is C11H11ClFNO4S. The summed E-state index contributed by atoms with van der Waals surface area (Å²) >= 11 is 5.66. The van der Waals surface area contributed by atoms with Crippen molar-refractivity contribution in [2.75, 3.05) is 0 Å². The highest BCUT2D eigenvalue weighted by Gasteiger charge is 2.27. The number of ether oxygens (including phenoxy) is 1. The molecule has 0 bridgehead atoms. The van der Waals surface area contributed by atoms with Crippen LogP contribution in [-0.4, -0.2) is 20.5 Å². The summed E-state index contributed by atoms with van der Waals surface area (Å²) in [4.78, 5) is 10.9. The zero-order valence-corrected chi connectivity index (χ0v) is 11.3. The van der Waals surface area contributed by atoms with Gasteiger partial charge in [-0.3, -0.25) is 0 Å². The first-order valence-corrected chi connectivity index (χ1v) is 7.44. The number of esters is 1. The van der Waals surface area contributed by atoms with Gasteiger partial charge in [-0.2, -0.15) is 0 Å². The molecule has 0 radical (unpaired) electrons. The average Bonchev–Trinajstić information content (AvgIpc) is 2.24. The molecule has 0 heterocycles. The van der Waals surface area contributed by atoms with Gasteiger partial charge in [0.1, 0.15) is 11.0 Å². The lowest BCUT2D eigenvalue weighted by Crippen LogP contribution is -2.26. The van der Waals surface area contributed by atoms with Crippen molar-refractivity contribution in [3.05, 3.63) is 28.5 Å². The molecule has 0 aromatic heterocycles. The van der Waals surface area contributed by atoms with Gasteiger partial charge in [-0.1, -0.05) is 11.6 Å². The molecule has 1 aromatic carbocycles. The number of carbonyl (C=O) groups is 1. The maximum absolute atomic E-state index is 14.0. The van der Waals surface area contributed by atoms with Crippen LogP contribution >= 0.6 is 11.6 Å². The van der Waals surface area contributed by atoms with Crippen LogP contribution in [0.4, 0.5) is 4.39 Å². The predicted octanol–water partition coefficient (Wildman–Crippen LogP) is 1.84. The third kappa shape index (κ3) is 3.05. The van der Waals surface area contributed by atoms with E-state index in [1.807, 2.05) is 0 Å². The fourth-order valence-electron chi connectivity index (χ4n) is 1.62. The second kappa shape index (κ2) is 5.07. The minimum Gasteiger partial charge on any atom is -0.459 e. The van der Waals surface area contributed by atoms with E-state index in [2.05, 4.69) is 0 Å². The summed E-state index contributed by atoms with van der Waals surface area (Å²) in [6.45, 7) is 0. The fourth-order valence-corrected chi connectivity index (χ4v) is 2.56. The molecule has 1 aliphatic rings. The first kappa shape index (κ1) is 14.2. The minimum atomic E-state index is -4.30. The lowest BCUT2D eigenvalue weighted by Gasteiger charge is -2.25. The molecule has 0 amide bonds. The molecule has 0 atom stereocenters. The van der Waals surface area contributed by atoms with Gasteiger partial charge in [-0.15, -0.1) is 0 Å². The Bertz CT molecular complexity index is 628. The maximum Gasteiger partial charge on any atom is 0.341 e. The lowest BCUT2D eigenvalue weighted by atomic mass is 9.96. The summed E-state index contributed by atoms with van der Waals surface area (Å²) in [5.41, 5.74) is -0.525. The third-order valence-corrected chi connectivity index (χ3v) is 3.98. The van der Waals surface area contributed by atoms with Gasteiger partial charge in [0.05, 0.1) is 5.56 Å². The van der Waals surface area contributed by atoms with E-state index >= 15 is 0 Å². The normalized spacial score (nSPS) is 15.9. The number of sulfonamides is 1. The molecule has 0 unspecified atom stereocenters. The van der Waals surface area contributed by atoms with Crippen molar-refractivity contribution in [2.24, 2.45) is 5.14 Å². The van der Waals surface area contributed by atoms with Gasteiger partial charge in [0.15, 0.2) is 5.82 Å².